The lowest BCUT2D eigenvalue weighted by molar-refractivity contribution is -0.0579. The fourth-order valence-corrected chi connectivity index (χ4v) is 9.06. The van der Waals surface area contributed by atoms with E-state index in [9.17, 15) is 5.11 Å². The second-order valence-electron chi connectivity index (χ2n) is 12.3. The lowest BCUT2D eigenvalue weighted by Gasteiger charge is -2.49. The molecule has 30 heavy (non-hydrogen) atoms. The molecule has 0 radical (unpaired) electrons. The molecule has 166 valence electrons. The van der Waals surface area contributed by atoms with Gasteiger partial charge in [-0.2, -0.15) is 0 Å². The minimum Gasteiger partial charge on any atom is -0.393 e. The number of nitrogens with zero attached hydrogens (tertiary/aromatic N) is 1. The van der Waals surface area contributed by atoms with Crippen LogP contribution >= 0.6 is 0 Å². The highest BCUT2D eigenvalue weighted by atomic mass is 16.5. The molecule has 2 saturated heterocycles. The number of aliphatic hydroxyl groups is 1. The zero-order valence-corrected chi connectivity index (χ0v) is 19.5. The lowest BCUT2D eigenvalue weighted by Crippen LogP contribution is -2.46. The standard InChI is InChI=1S/C27H41NO2/c1-16-11-25-24(28(4)15-16)14-27(30-25)10-8-20-21-6-5-18-12-19(29)7-9-26(18,3)23(21)13-22(20)17(27)2/h5,16,19-21,23-25,29H,6-15H2,1-4H3. The Balaban J connectivity index is 1.32. The molecule has 9 atom stereocenters. The summed E-state index contributed by atoms with van der Waals surface area (Å²) in [5.74, 6) is 3.13. The number of aliphatic hydroxyl groups excluding tert-OH is 1. The number of allylic oxidation sites excluding steroid dienone is 2. The summed E-state index contributed by atoms with van der Waals surface area (Å²) in [6.45, 7) is 8.58. The van der Waals surface area contributed by atoms with Crippen LogP contribution < -0.4 is 0 Å². The molecule has 1 N–H and O–H groups in total. The van der Waals surface area contributed by atoms with E-state index in [0.717, 1.165) is 36.5 Å². The Morgan fingerprint density at radius 2 is 2.03 bits per heavy atom. The predicted octanol–water partition coefficient (Wildman–Crippen LogP) is 5.10. The molecular formula is C27H41NO2. The quantitative estimate of drug-likeness (QED) is 0.563. The maximum absolute atomic E-state index is 10.3. The summed E-state index contributed by atoms with van der Waals surface area (Å²) in [5, 5.41) is 10.3. The minimum absolute atomic E-state index is 0.0207. The van der Waals surface area contributed by atoms with Gasteiger partial charge in [-0.15, -0.1) is 0 Å². The van der Waals surface area contributed by atoms with Gasteiger partial charge in [0.1, 0.15) is 0 Å². The molecule has 2 saturated carbocycles. The van der Waals surface area contributed by atoms with Crippen molar-refractivity contribution in [1.82, 2.24) is 4.90 Å². The van der Waals surface area contributed by atoms with Crippen molar-refractivity contribution in [3.05, 3.63) is 22.8 Å². The van der Waals surface area contributed by atoms with E-state index in [2.05, 4.69) is 38.8 Å². The SMILES string of the molecule is CC1=C2CC3C(CC=C4CC(O)CCC43C)C2CCC12CC1C(CC(C)CN1C)O2. The second kappa shape index (κ2) is 6.68. The fourth-order valence-electron chi connectivity index (χ4n) is 9.06. The van der Waals surface area contributed by atoms with Gasteiger partial charge in [-0.1, -0.05) is 31.1 Å². The Labute approximate surface area is 182 Å². The molecule has 0 aromatic rings. The van der Waals surface area contributed by atoms with Crippen molar-refractivity contribution in [1.29, 1.82) is 0 Å². The lowest BCUT2D eigenvalue weighted by atomic mass is 9.56. The largest absolute Gasteiger partial charge is 0.393 e. The Kier molecular flexibility index (Phi) is 4.46. The summed E-state index contributed by atoms with van der Waals surface area (Å²) < 4.78 is 7.01. The number of likely N-dealkylation sites (N-methyl/N-ethyl adjacent to an activating group) is 1. The normalized spacial score (nSPS) is 53.2. The number of fused-ring (bicyclic) bond motifs is 6. The summed E-state index contributed by atoms with van der Waals surface area (Å²) >= 11 is 0. The molecule has 0 aromatic carbocycles. The van der Waals surface area contributed by atoms with Gasteiger partial charge in [-0.3, -0.25) is 0 Å². The van der Waals surface area contributed by atoms with Crippen LogP contribution in [-0.2, 0) is 4.74 Å². The highest BCUT2D eigenvalue weighted by Gasteiger charge is 2.58. The first kappa shape index (κ1) is 20.0. The molecule has 2 aliphatic heterocycles. The van der Waals surface area contributed by atoms with E-state index in [0.29, 0.717) is 17.6 Å². The number of hydrogen-bond acceptors (Lipinski definition) is 3. The van der Waals surface area contributed by atoms with E-state index >= 15 is 0 Å². The molecule has 3 heteroatoms. The van der Waals surface area contributed by atoms with E-state index in [-0.39, 0.29) is 11.7 Å². The summed E-state index contributed by atoms with van der Waals surface area (Å²) in [7, 11) is 2.32. The van der Waals surface area contributed by atoms with Crippen LogP contribution in [0.3, 0.4) is 0 Å². The van der Waals surface area contributed by atoms with Crippen LogP contribution in [-0.4, -0.2) is 47.4 Å². The van der Waals surface area contributed by atoms with E-state index in [4.69, 9.17) is 4.74 Å². The topological polar surface area (TPSA) is 32.7 Å². The molecular weight excluding hydrogens is 370 g/mol. The van der Waals surface area contributed by atoms with Crippen LogP contribution in [0.5, 0.6) is 0 Å². The highest BCUT2D eigenvalue weighted by molar-refractivity contribution is 5.37. The first-order valence-corrected chi connectivity index (χ1v) is 12.8. The summed E-state index contributed by atoms with van der Waals surface area (Å²) in [6.07, 6.45) is 13.5. The Hall–Kier alpha value is -0.640. The zero-order valence-electron chi connectivity index (χ0n) is 19.5. The van der Waals surface area contributed by atoms with Crippen molar-refractivity contribution < 1.29 is 9.84 Å². The van der Waals surface area contributed by atoms with Gasteiger partial charge in [0.25, 0.3) is 0 Å². The van der Waals surface area contributed by atoms with Crippen molar-refractivity contribution in [2.24, 2.45) is 29.1 Å². The average Bonchev–Trinajstić information content (AvgIpc) is 3.26. The summed E-state index contributed by atoms with van der Waals surface area (Å²) in [5.41, 5.74) is 5.33. The number of rotatable bonds is 0. The van der Waals surface area contributed by atoms with Crippen LogP contribution in [0.2, 0.25) is 0 Å². The van der Waals surface area contributed by atoms with Gasteiger partial charge < -0.3 is 14.7 Å². The average molecular weight is 412 g/mol. The summed E-state index contributed by atoms with van der Waals surface area (Å²) in [6, 6.07) is 0.614. The van der Waals surface area contributed by atoms with Gasteiger partial charge in [-0.05, 0) is 106 Å². The van der Waals surface area contributed by atoms with Gasteiger partial charge in [0.2, 0.25) is 0 Å². The Morgan fingerprint density at radius 1 is 1.20 bits per heavy atom. The zero-order chi connectivity index (χ0) is 20.8. The molecule has 6 rings (SSSR count). The third-order valence-electron chi connectivity index (χ3n) is 10.7. The van der Waals surface area contributed by atoms with Crippen LogP contribution in [0.15, 0.2) is 22.8 Å². The van der Waals surface area contributed by atoms with Gasteiger partial charge in [-0.25, -0.2) is 0 Å². The van der Waals surface area contributed by atoms with Crippen LogP contribution in [0, 0.1) is 29.1 Å². The predicted molar refractivity (Wildman–Crippen MR) is 120 cm³/mol. The first-order valence-electron chi connectivity index (χ1n) is 12.8. The fraction of sp³-hybridized carbons (Fsp3) is 0.852. The number of likely N-dealkylation sites (tertiary alicyclic amines) is 1. The molecule has 4 fully saturated rings. The van der Waals surface area contributed by atoms with Crippen molar-refractivity contribution in [2.75, 3.05) is 13.6 Å². The molecule has 0 amide bonds. The molecule has 2 heterocycles. The Bertz CT molecular complexity index is 801. The van der Waals surface area contributed by atoms with Crippen molar-refractivity contribution in [2.45, 2.75) is 102 Å². The number of piperidine rings is 1. The molecule has 0 aromatic heterocycles. The summed E-state index contributed by atoms with van der Waals surface area (Å²) in [4.78, 5) is 2.59. The maximum Gasteiger partial charge on any atom is 0.0912 e. The third-order valence-corrected chi connectivity index (χ3v) is 10.7. The van der Waals surface area contributed by atoms with Crippen molar-refractivity contribution in [3.8, 4) is 0 Å². The second-order valence-corrected chi connectivity index (χ2v) is 12.3. The number of ether oxygens (including phenoxy) is 1. The molecule has 6 aliphatic rings. The van der Waals surface area contributed by atoms with Crippen molar-refractivity contribution >= 4 is 0 Å². The molecule has 0 bridgehead atoms. The first-order chi connectivity index (χ1) is 14.3. The van der Waals surface area contributed by atoms with E-state index < -0.39 is 0 Å². The number of hydrogen-bond donors (Lipinski definition) is 1. The van der Waals surface area contributed by atoms with Gasteiger partial charge in [0.05, 0.1) is 17.8 Å². The monoisotopic (exact) mass is 411 g/mol. The molecule has 4 aliphatic carbocycles. The van der Waals surface area contributed by atoms with E-state index in [1.54, 1.807) is 16.7 Å². The van der Waals surface area contributed by atoms with Crippen LogP contribution in [0.4, 0.5) is 0 Å². The highest BCUT2D eigenvalue weighted by Crippen LogP contribution is 2.64. The van der Waals surface area contributed by atoms with Gasteiger partial charge in [0, 0.05) is 12.6 Å². The smallest absolute Gasteiger partial charge is 0.0912 e. The molecule has 1 spiro atoms. The van der Waals surface area contributed by atoms with E-state index in [1.807, 2.05) is 0 Å². The minimum atomic E-state index is -0.108. The van der Waals surface area contributed by atoms with Crippen LogP contribution in [0.1, 0.15) is 78.6 Å². The van der Waals surface area contributed by atoms with E-state index in [1.165, 1.54) is 51.5 Å². The molecule has 9 unspecified atom stereocenters. The maximum atomic E-state index is 10.3. The van der Waals surface area contributed by atoms with Gasteiger partial charge in [0.15, 0.2) is 0 Å². The Morgan fingerprint density at radius 3 is 2.87 bits per heavy atom. The third kappa shape index (κ3) is 2.67. The van der Waals surface area contributed by atoms with Gasteiger partial charge >= 0.3 is 0 Å². The van der Waals surface area contributed by atoms with Crippen LogP contribution in [0.25, 0.3) is 0 Å². The van der Waals surface area contributed by atoms with Crippen molar-refractivity contribution in [3.63, 3.8) is 0 Å². The molecule has 3 nitrogen and oxygen atoms in total.